The van der Waals surface area contributed by atoms with Crippen LogP contribution in [0.25, 0.3) is 0 Å². The van der Waals surface area contributed by atoms with Crippen molar-refractivity contribution in [2.75, 3.05) is 13.1 Å². The third-order valence-corrected chi connectivity index (χ3v) is 6.86. The van der Waals surface area contributed by atoms with E-state index in [4.69, 9.17) is 0 Å². The fraction of sp³-hybridized carbons (Fsp3) is 0.609. The molecule has 7 nitrogen and oxygen atoms in total. The summed E-state index contributed by atoms with van der Waals surface area (Å²) in [5.41, 5.74) is 2.80. The largest absolute Gasteiger partial charge is 0.322 e. The fourth-order valence-electron chi connectivity index (χ4n) is 5.57. The summed E-state index contributed by atoms with van der Waals surface area (Å²) in [4.78, 5) is 38.7. The van der Waals surface area contributed by atoms with Gasteiger partial charge >= 0.3 is 0 Å². The lowest BCUT2D eigenvalue weighted by Gasteiger charge is -2.50. The molecule has 3 aliphatic rings. The Bertz CT molecular complexity index is 876. The normalized spacial score (nSPS) is 25.9. The van der Waals surface area contributed by atoms with Gasteiger partial charge in [0.1, 0.15) is 6.04 Å². The maximum Gasteiger partial charge on any atom is 0.255 e. The number of piperidine rings is 2. The molecule has 2 fully saturated rings. The van der Waals surface area contributed by atoms with Gasteiger partial charge in [0.25, 0.3) is 5.91 Å². The lowest BCUT2D eigenvalue weighted by atomic mass is 9.67. The van der Waals surface area contributed by atoms with Crippen molar-refractivity contribution < 1.29 is 14.4 Å². The molecule has 0 bridgehead atoms. The molecular formula is C23H32N4O3. The van der Waals surface area contributed by atoms with Crippen molar-refractivity contribution in [2.24, 2.45) is 10.8 Å². The summed E-state index contributed by atoms with van der Waals surface area (Å²) >= 11 is 0. The first-order valence-corrected chi connectivity index (χ1v) is 10.8. The molecule has 162 valence electrons. The van der Waals surface area contributed by atoms with Crippen LogP contribution in [0.15, 0.2) is 18.2 Å². The van der Waals surface area contributed by atoms with E-state index in [1.807, 2.05) is 18.2 Å². The first-order chi connectivity index (χ1) is 14.1. The minimum Gasteiger partial charge on any atom is -0.322 e. The van der Waals surface area contributed by atoms with Gasteiger partial charge in [-0.1, -0.05) is 45.9 Å². The molecule has 2 saturated heterocycles. The minimum atomic E-state index is -0.578. The fourth-order valence-corrected chi connectivity index (χ4v) is 5.57. The van der Waals surface area contributed by atoms with Crippen LogP contribution in [0.2, 0.25) is 0 Å². The Balaban J connectivity index is 1.54. The number of amides is 3. The number of nitrogens with one attached hydrogen (secondary N) is 3. The zero-order valence-corrected chi connectivity index (χ0v) is 18.3. The second-order valence-electron chi connectivity index (χ2n) is 10.2. The van der Waals surface area contributed by atoms with Crippen LogP contribution in [0.3, 0.4) is 0 Å². The Labute approximate surface area is 178 Å². The summed E-state index contributed by atoms with van der Waals surface area (Å²) in [6.45, 7) is 12.0. The predicted octanol–water partition coefficient (Wildman–Crippen LogP) is 1.56. The molecule has 0 spiro atoms. The van der Waals surface area contributed by atoms with Gasteiger partial charge in [-0.15, -0.1) is 0 Å². The van der Waals surface area contributed by atoms with Crippen molar-refractivity contribution in [2.45, 2.75) is 65.7 Å². The molecule has 1 unspecified atom stereocenters. The molecule has 1 aromatic carbocycles. The van der Waals surface area contributed by atoms with Gasteiger partial charge in [-0.05, 0) is 28.4 Å². The van der Waals surface area contributed by atoms with Crippen molar-refractivity contribution in [1.82, 2.24) is 20.9 Å². The second kappa shape index (κ2) is 7.46. The van der Waals surface area contributed by atoms with Crippen LogP contribution in [0.4, 0.5) is 0 Å². The minimum absolute atomic E-state index is 0.0858. The van der Waals surface area contributed by atoms with E-state index in [9.17, 15) is 14.4 Å². The summed E-state index contributed by atoms with van der Waals surface area (Å²) in [5.74, 6) is -0.747. The highest BCUT2D eigenvalue weighted by atomic mass is 16.2. The molecule has 0 aromatic heterocycles. The van der Waals surface area contributed by atoms with E-state index in [2.05, 4.69) is 43.6 Å². The van der Waals surface area contributed by atoms with Crippen molar-refractivity contribution >= 4 is 17.7 Å². The van der Waals surface area contributed by atoms with Crippen LogP contribution in [0.1, 0.15) is 62.0 Å². The van der Waals surface area contributed by atoms with Crippen LogP contribution >= 0.6 is 0 Å². The van der Waals surface area contributed by atoms with Crippen molar-refractivity contribution in [3.8, 4) is 0 Å². The lowest BCUT2D eigenvalue weighted by molar-refractivity contribution is -0.136. The highest BCUT2D eigenvalue weighted by molar-refractivity contribution is 6.05. The zero-order valence-electron chi connectivity index (χ0n) is 18.3. The highest BCUT2D eigenvalue weighted by Crippen LogP contribution is 2.37. The average molecular weight is 413 g/mol. The number of hydrogen-bond donors (Lipinski definition) is 3. The first kappa shape index (κ1) is 21.0. The number of benzene rings is 1. The second-order valence-corrected chi connectivity index (χ2v) is 10.2. The van der Waals surface area contributed by atoms with Crippen molar-refractivity contribution in [1.29, 1.82) is 0 Å². The maximum absolute atomic E-state index is 13.3. The van der Waals surface area contributed by atoms with E-state index in [0.717, 1.165) is 24.2 Å². The van der Waals surface area contributed by atoms with E-state index in [0.29, 0.717) is 31.1 Å². The first-order valence-electron chi connectivity index (χ1n) is 10.8. The molecular weight excluding hydrogens is 380 g/mol. The number of hydrogen-bond acceptors (Lipinski definition) is 5. The quantitative estimate of drug-likeness (QED) is 0.653. The Morgan fingerprint density at radius 2 is 1.80 bits per heavy atom. The molecule has 0 aliphatic carbocycles. The van der Waals surface area contributed by atoms with E-state index >= 15 is 0 Å². The van der Waals surface area contributed by atoms with Crippen LogP contribution < -0.4 is 16.0 Å². The van der Waals surface area contributed by atoms with Crippen LogP contribution in [0.5, 0.6) is 0 Å². The molecule has 3 amide bonds. The summed E-state index contributed by atoms with van der Waals surface area (Å²) < 4.78 is 0. The molecule has 4 rings (SSSR count). The van der Waals surface area contributed by atoms with Crippen LogP contribution in [-0.4, -0.2) is 47.8 Å². The monoisotopic (exact) mass is 412 g/mol. The molecule has 3 N–H and O–H groups in total. The standard InChI is InChI=1S/C23H32N4O3/c1-22(2)12-24-13-23(3,4)21(22)25-10-14-6-5-7-15-11-27(20(30)18(14)15)16-8-9-17(28)26-19(16)29/h5-7,16,21,24-25H,8-13H2,1-4H3,(H,26,28,29). The van der Waals surface area contributed by atoms with Gasteiger partial charge < -0.3 is 15.5 Å². The maximum atomic E-state index is 13.3. The molecule has 3 aliphatic heterocycles. The van der Waals surface area contributed by atoms with Crippen molar-refractivity contribution in [3.05, 3.63) is 34.9 Å². The van der Waals surface area contributed by atoms with Gasteiger partial charge in [0.15, 0.2) is 0 Å². The molecule has 3 heterocycles. The zero-order chi connectivity index (χ0) is 21.7. The van der Waals surface area contributed by atoms with E-state index < -0.39 is 6.04 Å². The van der Waals surface area contributed by atoms with E-state index in [1.165, 1.54) is 0 Å². The molecule has 7 heteroatoms. The SMILES string of the molecule is CC1(C)CNCC(C)(C)C1NCc1cccc2c1C(=O)N(C1CCC(=O)NC1=O)C2. The predicted molar refractivity (Wildman–Crippen MR) is 114 cm³/mol. The molecule has 30 heavy (non-hydrogen) atoms. The van der Waals surface area contributed by atoms with Crippen molar-refractivity contribution in [3.63, 3.8) is 0 Å². The van der Waals surface area contributed by atoms with Gasteiger partial charge in [0.05, 0.1) is 0 Å². The summed E-state index contributed by atoms with van der Waals surface area (Å²) in [6, 6.07) is 5.66. The van der Waals surface area contributed by atoms with Crippen LogP contribution in [0, 0.1) is 10.8 Å². The Kier molecular flexibility index (Phi) is 5.22. The summed E-state index contributed by atoms with van der Waals surface area (Å²) in [5, 5.41) is 9.64. The molecule has 0 radical (unpaired) electrons. The molecule has 1 aromatic rings. The Morgan fingerprint density at radius 1 is 1.10 bits per heavy atom. The van der Waals surface area contributed by atoms with E-state index in [1.54, 1.807) is 4.90 Å². The highest BCUT2D eigenvalue weighted by Gasteiger charge is 2.44. The topological polar surface area (TPSA) is 90.5 Å². The molecule has 1 atom stereocenters. The molecule has 0 saturated carbocycles. The number of nitrogens with zero attached hydrogens (tertiary/aromatic N) is 1. The average Bonchev–Trinajstić information content (AvgIpc) is 2.97. The van der Waals surface area contributed by atoms with Gasteiger partial charge in [0.2, 0.25) is 11.8 Å². The van der Waals surface area contributed by atoms with Gasteiger partial charge in [-0.25, -0.2) is 0 Å². The number of fused-ring (bicyclic) bond motifs is 1. The Hall–Kier alpha value is -2.25. The lowest BCUT2D eigenvalue weighted by Crippen LogP contribution is -2.62. The summed E-state index contributed by atoms with van der Waals surface area (Å²) in [6.07, 6.45) is 0.653. The number of carbonyl (C=O) groups excluding carboxylic acids is 3. The summed E-state index contributed by atoms with van der Waals surface area (Å²) in [7, 11) is 0. The van der Waals surface area contributed by atoms with Gasteiger partial charge in [-0.3, -0.25) is 19.7 Å². The third-order valence-electron chi connectivity index (χ3n) is 6.86. The van der Waals surface area contributed by atoms with Crippen LogP contribution in [-0.2, 0) is 22.7 Å². The number of carbonyl (C=O) groups is 3. The Morgan fingerprint density at radius 3 is 2.47 bits per heavy atom. The van der Waals surface area contributed by atoms with Gasteiger partial charge in [-0.2, -0.15) is 0 Å². The van der Waals surface area contributed by atoms with Gasteiger partial charge in [0, 0.05) is 44.2 Å². The van der Waals surface area contributed by atoms with E-state index in [-0.39, 0.29) is 35.0 Å². The number of rotatable bonds is 4. The third kappa shape index (κ3) is 3.65. The smallest absolute Gasteiger partial charge is 0.255 e. The number of imide groups is 1.